The summed E-state index contributed by atoms with van der Waals surface area (Å²) in [6.07, 6.45) is 1.92. The van der Waals surface area contributed by atoms with Gasteiger partial charge in [0.25, 0.3) is 0 Å². The van der Waals surface area contributed by atoms with Crippen molar-refractivity contribution < 1.29 is 19.2 Å². The molecule has 1 aromatic rings. The number of nitrogens with two attached hydrogens (primary N) is 1. The molecule has 0 aliphatic carbocycles. The summed E-state index contributed by atoms with van der Waals surface area (Å²) in [7, 11) is 1.33. The van der Waals surface area contributed by atoms with Gasteiger partial charge in [0.05, 0.1) is 25.8 Å². The fraction of sp³-hybridized carbons (Fsp3) is 0.462. The number of piperidine rings is 1. The van der Waals surface area contributed by atoms with Crippen LogP contribution in [0.5, 0.6) is 0 Å². The molecule has 0 saturated carbocycles. The smallest absolute Gasteiger partial charge is 0.337 e. The van der Waals surface area contributed by atoms with Crippen LogP contribution in [0.15, 0.2) is 18.2 Å². The number of carbonyl (C=O) groups excluding carboxylic acids is 1. The lowest BCUT2D eigenvalue weighted by molar-refractivity contribution is -0.663. The molecule has 1 fully saturated rings. The van der Waals surface area contributed by atoms with E-state index in [9.17, 15) is 9.18 Å². The zero-order valence-electron chi connectivity index (χ0n) is 9.91. The Bertz CT molecular complexity index is 414. The highest BCUT2D eigenvalue weighted by Gasteiger charge is 2.21. The van der Waals surface area contributed by atoms with Crippen molar-refractivity contribution >= 4 is 5.97 Å². The number of benzene rings is 1. The number of rotatable bonds is 2. The molecule has 1 aromatic carbocycles. The average Bonchev–Trinajstić information content (AvgIpc) is 2.39. The average molecular weight is 238 g/mol. The van der Waals surface area contributed by atoms with Crippen molar-refractivity contribution in [1.82, 2.24) is 0 Å². The third kappa shape index (κ3) is 2.64. The zero-order chi connectivity index (χ0) is 12.3. The summed E-state index contributed by atoms with van der Waals surface area (Å²) in [5, 5.41) is 2.23. The Kier molecular flexibility index (Phi) is 3.74. The van der Waals surface area contributed by atoms with Crippen molar-refractivity contribution in [2.24, 2.45) is 0 Å². The Hall–Kier alpha value is -1.42. The van der Waals surface area contributed by atoms with E-state index in [2.05, 4.69) is 10.1 Å². The van der Waals surface area contributed by atoms with Gasteiger partial charge in [0.1, 0.15) is 5.82 Å². The molecule has 3 nitrogen and oxygen atoms in total. The van der Waals surface area contributed by atoms with Crippen molar-refractivity contribution in [2.75, 3.05) is 20.2 Å². The second kappa shape index (κ2) is 5.27. The molecule has 0 bridgehead atoms. The highest BCUT2D eigenvalue weighted by molar-refractivity contribution is 5.89. The van der Waals surface area contributed by atoms with E-state index in [1.807, 2.05) is 0 Å². The molecule has 17 heavy (non-hydrogen) atoms. The van der Waals surface area contributed by atoms with Gasteiger partial charge in [0, 0.05) is 12.8 Å². The minimum atomic E-state index is -0.409. The molecule has 4 heteroatoms. The van der Waals surface area contributed by atoms with Gasteiger partial charge in [-0.2, -0.15) is 0 Å². The first-order valence-electron chi connectivity index (χ1n) is 5.92. The van der Waals surface area contributed by atoms with E-state index in [-0.39, 0.29) is 11.7 Å². The van der Waals surface area contributed by atoms with Crippen LogP contribution in [0.1, 0.15) is 34.7 Å². The Labute approximate surface area is 100.0 Å². The van der Waals surface area contributed by atoms with Crippen LogP contribution in [0.25, 0.3) is 0 Å². The van der Waals surface area contributed by atoms with E-state index in [1.165, 1.54) is 19.2 Å². The summed E-state index contributed by atoms with van der Waals surface area (Å²) in [5.41, 5.74) is 1.08. The Balaban J connectivity index is 2.28. The van der Waals surface area contributed by atoms with Gasteiger partial charge in [0.15, 0.2) is 0 Å². The summed E-state index contributed by atoms with van der Waals surface area (Å²) < 4.78 is 18.4. The molecule has 0 spiro atoms. The number of methoxy groups -OCH3 is 1. The second-order valence-electron chi connectivity index (χ2n) is 4.37. The van der Waals surface area contributed by atoms with Crippen LogP contribution in [-0.4, -0.2) is 26.2 Å². The molecule has 1 saturated heterocycles. The number of ether oxygens (including phenoxy) is 1. The van der Waals surface area contributed by atoms with E-state index >= 15 is 0 Å². The molecule has 2 rings (SSSR count). The molecule has 92 valence electrons. The van der Waals surface area contributed by atoms with Gasteiger partial charge < -0.3 is 10.1 Å². The van der Waals surface area contributed by atoms with E-state index < -0.39 is 5.97 Å². The van der Waals surface area contributed by atoms with Crippen LogP contribution in [0.3, 0.4) is 0 Å². The third-order valence-corrected chi connectivity index (χ3v) is 3.30. The lowest BCUT2D eigenvalue weighted by Gasteiger charge is -2.21. The quantitative estimate of drug-likeness (QED) is 0.783. The fourth-order valence-corrected chi connectivity index (χ4v) is 2.34. The molecule has 1 aliphatic rings. The van der Waals surface area contributed by atoms with Crippen LogP contribution < -0.4 is 5.32 Å². The number of hydrogen-bond acceptors (Lipinski definition) is 2. The van der Waals surface area contributed by atoms with E-state index in [0.717, 1.165) is 25.9 Å². The van der Waals surface area contributed by atoms with Crippen LogP contribution in [0.2, 0.25) is 0 Å². The predicted octanol–water partition coefficient (Wildman–Crippen LogP) is 1.05. The molecular weight excluding hydrogens is 221 g/mol. The molecule has 0 aromatic heterocycles. The molecule has 1 aliphatic heterocycles. The molecule has 0 radical (unpaired) electrons. The van der Waals surface area contributed by atoms with E-state index in [0.29, 0.717) is 11.1 Å². The number of carbonyl (C=O) groups is 1. The summed E-state index contributed by atoms with van der Waals surface area (Å²) in [5.74, 6) is -0.400. The summed E-state index contributed by atoms with van der Waals surface area (Å²) in [4.78, 5) is 11.4. The fourth-order valence-electron chi connectivity index (χ4n) is 2.34. The standard InChI is InChI=1S/C13H16FNO2/c1-17-13(16)10-2-3-12(14)11(8-10)9-4-6-15-7-5-9/h2-3,8-9,15H,4-7H2,1H3/p+1. The largest absolute Gasteiger partial charge is 0.465 e. The van der Waals surface area contributed by atoms with E-state index in [4.69, 9.17) is 0 Å². The summed E-state index contributed by atoms with van der Waals surface area (Å²) in [6, 6.07) is 4.47. The zero-order valence-corrected chi connectivity index (χ0v) is 9.91. The Morgan fingerprint density at radius 3 is 2.76 bits per heavy atom. The Morgan fingerprint density at radius 2 is 2.12 bits per heavy atom. The maximum atomic E-state index is 13.8. The van der Waals surface area contributed by atoms with Crippen LogP contribution in [0, 0.1) is 5.82 Å². The van der Waals surface area contributed by atoms with Crippen molar-refractivity contribution in [3.8, 4) is 0 Å². The van der Waals surface area contributed by atoms with Crippen LogP contribution in [0.4, 0.5) is 4.39 Å². The van der Waals surface area contributed by atoms with Gasteiger partial charge in [-0.05, 0) is 29.7 Å². The van der Waals surface area contributed by atoms with Gasteiger partial charge in [-0.1, -0.05) is 0 Å². The van der Waals surface area contributed by atoms with Crippen molar-refractivity contribution in [2.45, 2.75) is 18.8 Å². The normalized spacial score (nSPS) is 16.8. The summed E-state index contributed by atoms with van der Waals surface area (Å²) >= 11 is 0. The minimum Gasteiger partial charge on any atom is -0.465 e. The van der Waals surface area contributed by atoms with Crippen molar-refractivity contribution in [3.05, 3.63) is 35.1 Å². The third-order valence-electron chi connectivity index (χ3n) is 3.30. The van der Waals surface area contributed by atoms with Gasteiger partial charge in [-0.15, -0.1) is 0 Å². The maximum absolute atomic E-state index is 13.8. The maximum Gasteiger partial charge on any atom is 0.337 e. The predicted molar refractivity (Wildman–Crippen MR) is 61.4 cm³/mol. The first-order chi connectivity index (χ1) is 8.22. The topological polar surface area (TPSA) is 42.9 Å². The lowest BCUT2D eigenvalue weighted by atomic mass is 9.89. The van der Waals surface area contributed by atoms with Crippen LogP contribution in [-0.2, 0) is 4.74 Å². The van der Waals surface area contributed by atoms with Crippen LogP contribution >= 0.6 is 0 Å². The molecule has 2 N–H and O–H groups in total. The monoisotopic (exact) mass is 238 g/mol. The SMILES string of the molecule is COC(=O)c1ccc(F)c(C2CC[NH2+]CC2)c1. The second-order valence-corrected chi connectivity index (χ2v) is 4.37. The number of quaternary nitrogens is 1. The lowest BCUT2D eigenvalue weighted by Crippen LogP contribution is -2.86. The highest BCUT2D eigenvalue weighted by Crippen LogP contribution is 2.27. The highest BCUT2D eigenvalue weighted by atomic mass is 19.1. The molecule has 0 atom stereocenters. The Morgan fingerprint density at radius 1 is 1.41 bits per heavy atom. The first-order valence-corrected chi connectivity index (χ1v) is 5.92. The molecular formula is C13H17FNO2+. The minimum absolute atomic E-state index is 0.218. The van der Waals surface area contributed by atoms with Gasteiger partial charge in [0.2, 0.25) is 0 Å². The molecule has 0 amide bonds. The van der Waals surface area contributed by atoms with E-state index in [1.54, 1.807) is 6.07 Å². The number of hydrogen-bond donors (Lipinski definition) is 1. The molecule has 0 unspecified atom stereocenters. The summed E-state index contributed by atoms with van der Waals surface area (Å²) in [6.45, 7) is 2.04. The van der Waals surface area contributed by atoms with Gasteiger partial charge >= 0.3 is 5.97 Å². The first kappa shape index (κ1) is 12.0. The number of esters is 1. The van der Waals surface area contributed by atoms with Gasteiger partial charge in [-0.3, -0.25) is 0 Å². The van der Waals surface area contributed by atoms with Gasteiger partial charge in [-0.25, -0.2) is 9.18 Å². The number of halogens is 1. The van der Waals surface area contributed by atoms with Crippen molar-refractivity contribution in [3.63, 3.8) is 0 Å². The van der Waals surface area contributed by atoms with Crippen molar-refractivity contribution in [1.29, 1.82) is 0 Å². The molecule has 1 heterocycles.